The molecule has 3 rings (SSSR count). The summed E-state index contributed by atoms with van der Waals surface area (Å²) in [5.41, 5.74) is 1.87. The molecule has 1 aliphatic rings. The lowest BCUT2D eigenvalue weighted by atomic mass is 10.1. The van der Waals surface area contributed by atoms with Gasteiger partial charge in [-0.2, -0.15) is 0 Å². The van der Waals surface area contributed by atoms with Crippen LogP contribution in [0.5, 0.6) is 0 Å². The molecule has 0 aliphatic carbocycles. The number of benzene rings is 1. The Kier molecular flexibility index (Phi) is 3.96. The number of rotatable bonds is 4. The minimum atomic E-state index is -0.466. The molecule has 5 heteroatoms. The number of nitrogens with one attached hydrogen (secondary N) is 1. The van der Waals surface area contributed by atoms with E-state index in [1.165, 1.54) is 6.92 Å². The van der Waals surface area contributed by atoms with Gasteiger partial charge in [0, 0.05) is 32.0 Å². The monoisotopic (exact) mass is 298 g/mol. The van der Waals surface area contributed by atoms with Gasteiger partial charge in [0.05, 0.1) is 6.26 Å². The molecule has 0 spiro atoms. The van der Waals surface area contributed by atoms with Crippen molar-refractivity contribution in [2.45, 2.75) is 25.8 Å². The maximum atomic E-state index is 12.4. The van der Waals surface area contributed by atoms with Crippen LogP contribution < -0.4 is 10.2 Å². The van der Waals surface area contributed by atoms with Crippen LogP contribution in [0.1, 0.15) is 18.2 Å². The van der Waals surface area contributed by atoms with Gasteiger partial charge >= 0.3 is 0 Å². The van der Waals surface area contributed by atoms with Crippen molar-refractivity contribution in [1.29, 1.82) is 0 Å². The normalized spacial score (nSPS) is 16.4. The second-order valence-corrected chi connectivity index (χ2v) is 5.36. The summed E-state index contributed by atoms with van der Waals surface area (Å²) in [5, 5.41) is 2.89. The summed E-state index contributed by atoms with van der Waals surface area (Å²) in [6, 6.07) is 10.9. The molecule has 0 bridgehead atoms. The van der Waals surface area contributed by atoms with Crippen molar-refractivity contribution < 1.29 is 14.0 Å². The summed E-state index contributed by atoms with van der Waals surface area (Å²) in [4.78, 5) is 25.9. The fourth-order valence-electron chi connectivity index (χ4n) is 2.87. The van der Waals surface area contributed by atoms with Crippen molar-refractivity contribution in [2.75, 3.05) is 11.4 Å². The van der Waals surface area contributed by atoms with Crippen LogP contribution in [0.3, 0.4) is 0 Å². The molecule has 2 aromatic rings. The quantitative estimate of drug-likeness (QED) is 0.938. The van der Waals surface area contributed by atoms with Gasteiger partial charge in [-0.05, 0) is 23.8 Å². The van der Waals surface area contributed by atoms with Crippen molar-refractivity contribution in [3.8, 4) is 0 Å². The van der Waals surface area contributed by atoms with E-state index in [4.69, 9.17) is 4.42 Å². The van der Waals surface area contributed by atoms with Crippen LogP contribution in [0, 0.1) is 0 Å². The van der Waals surface area contributed by atoms with Gasteiger partial charge in [0.25, 0.3) is 0 Å². The second-order valence-electron chi connectivity index (χ2n) is 5.36. The number of hydrogen-bond donors (Lipinski definition) is 1. The van der Waals surface area contributed by atoms with E-state index < -0.39 is 6.04 Å². The van der Waals surface area contributed by atoms with E-state index in [0.717, 1.165) is 17.0 Å². The van der Waals surface area contributed by atoms with E-state index in [2.05, 4.69) is 5.32 Å². The van der Waals surface area contributed by atoms with Crippen molar-refractivity contribution in [2.24, 2.45) is 0 Å². The molecule has 0 saturated heterocycles. The van der Waals surface area contributed by atoms with Crippen LogP contribution in [0.2, 0.25) is 0 Å². The number of amides is 2. The van der Waals surface area contributed by atoms with Gasteiger partial charge in [-0.1, -0.05) is 18.2 Å². The van der Waals surface area contributed by atoms with Crippen LogP contribution in [0.25, 0.3) is 0 Å². The van der Waals surface area contributed by atoms with Gasteiger partial charge in [0.1, 0.15) is 11.8 Å². The number of para-hydroxylation sites is 1. The Morgan fingerprint density at radius 3 is 2.82 bits per heavy atom. The lowest BCUT2D eigenvalue weighted by molar-refractivity contribution is -0.125. The minimum absolute atomic E-state index is 0.115. The van der Waals surface area contributed by atoms with Gasteiger partial charge in [0.2, 0.25) is 11.8 Å². The SMILES string of the molecule is CC(=O)N1c2ccccc2CC1C(=O)NCCc1ccco1. The summed E-state index contributed by atoms with van der Waals surface area (Å²) >= 11 is 0. The molecule has 1 N–H and O–H groups in total. The highest BCUT2D eigenvalue weighted by Gasteiger charge is 2.36. The first-order chi connectivity index (χ1) is 10.7. The number of nitrogens with zero attached hydrogens (tertiary/aromatic N) is 1. The zero-order valence-corrected chi connectivity index (χ0v) is 12.4. The molecule has 1 atom stereocenters. The number of anilines is 1. The molecular formula is C17H18N2O3. The third-order valence-electron chi connectivity index (χ3n) is 3.87. The highest BCUT2D eigenvalue weighted by Crippen LogP contribution is 2.32. The van der Waals surface area contributed by atoms with E-state index >= 15 is 0 Å². The van der Waals surface area contributed by atoms with Crippen molar-refractivity contribution in [3.05, 3.63) is 54.0 Å². The molecule has 5 nitrogen and oxygen atoms in total. The maximum Gasteiger partial charge on any atom is 0.243 e. The standard InChI is InChI=1S/C17H18N2O3/c1-12(20)19-15-7-3-2-5-13(15)11-16(19)17(21)18-9-8-14-6-4-10-22-14/h2-7,10,16H,8-9,11H2,1H3,(H,18,21). The van der Waals surface area contributed by atoms with Gasteiger partial charge < -0.3 is 9.73 Å². The Bertz CT molecular complexity index is 679. The number of furan rings is 1. The third kappa shape index (κ3) is 2.74. The molecule has 2 amide bonds. The molecule has 114 valence electrons. The predicted octanol–water partition coefficient (Wildman–Crippen LogP) is 1.92. The van der Waals surface area contributed by atoms with Crippen molar-refractivity contribution >= 4 is 17.5 Å². The zero-order chi connectivity index (χ0) is 15.5. The molecule has 0 saturated carbocycles. The molecular weight excluding hydrogens is 280 g/mol. The summed E-state index contributed by atoms with van der Waals surface area (Å²) in [6.07, 6.45) is 2.81. The lowest BCUT2D eigenvalue weighted by Crippen LogP contribution is -2.47. The van der Waals surface area contributed by atoms with E-state index in [9.17, 15) is 9.59 Å². The van der Waals surface area contributed by atoms with Crippen LogP contribution in [-0.4, -0.2) is 24.4 Å². The van der Waals surface area contributed by atoms with E-state index in [0.29, 0.717) is 19.4 Å². The lowest BCUT2D eigenvalue weighted by Gasteiger charge is -2.23. The second kappa shape index (κ2) is 6.05. The highest BCUT2D eigenvalue weighted by molar-refractivity contribution is 6.02. The largest absolute Gasteiger partial charge is 0.469 e. The topological polar surface area (TPSA) is 62.6 Å². The zero-order valence-electron chi connectivity index (χ0n) is 12.4. The van der Waals surface area contributed by atoms with E-state index in [1.54, 1.807) is 11.2 Å². The summed E-state index contributed by atoms with van der Waals surface area (Å²) in [6.45, 7) is 1.98. The van der Waals surface area contributed by atoms with Crippen molar-refractivity contribution in [1.82, 2.24) is 5.32 Å². The predicted molar refractivity (Wildman–Crippen MR) is 82.5 cm³/mol. The first-order valence-corrected chi connectivity index (χ1v) is 7.34. The number of hydrogen-bond acceptors (Lipinski definition) is 3. The molecule has 1 aliphatic heterocycles. The third-order valence-corrected chi connectivity index (χ3v) is 3.87. The Hall–Kier alpha value is -2.56. The Balaban J connectivity index is 1.66. The molecule has 2 heterocycles. The number of carbonyl (C=O) groups excluding carboxylic acids is 2. The van der Waals surface area contributed by atoms with Crippen LogP contribution in [0.4, 0.5) is 5.69 Å². The first-order valence-electron chi connectivity index (χ1n) is 7.34. The Labute approximate surface area is 128 Å². The van der Waals surface area contributed by atoms with Gasteiger partial charge in [-0.15, -0.1) is 0 Å². The summed E-state index contributed by atoms with van der Waals surface area (Å²) in [5.74, 6) is 0.590. The molecule has 1 aromatic carbocycles. The molecule has 0 fully saturated rings. The number of carbonyl (C=O) groups is 2. The summed E-state index contributed by atoms with van der Waals surface area (Å²) < 4.78 is 5.23. The van der Waals surface area contributed by atoms with Gasteiger partial charge in [-0.3, -0.25) is 14.5 Å². The average molecular weight is 298 g/mol. The maximum absolute atomic E-state index is 12.4. The van der Waals surface area contributed by atoms with Gasteiger partial charge in [-0.25, -0.2) is 0 Å². The smallest absolute Gasteiger partial charge is 0.243 e. The van der Waals surface area contributed by atoms with Gasteiger partial charge in [0.15, 0.2) is 0 Å². The summed E-state index contributed by atoms with van der Waals surface area (Å²) in [7, 11) is 0. The highest BCUT2D eigenvalue weighted by atomic mass is 16.3. The fraction of sp³-hybridized carbons (Fsp3) is 0.294. The minimum Gasteiger partial charge on any atom is -0.469 e. The molecule has 1 aromatic heterocycles. The average Bonchev–Trinajstić information content (AvgIpc) is 3.13. The van der Waals surface area contributed by atoms with E-state index in [1.807, 2.05) is 36.4 Å². The Morgan fingerprint density at radius 1 is 1.27 bits per heavy atom. The Morgan fingerprint density at radius 2 is 2.09 bits per heavy atom. The molecule has 0 radical (unpaired) electrons. The van der Waals surface area contributed by atoms with Crippen LogP contribution >= 0.6 is 0 Å². The van der Waals surface area contributed by atoms with Crippen LogP contribution in [-0.2, 0) is 22.4 Å². The van der Waals surface area contributed by atoms with Crippen LogP contribution in [0.15, 0.2) is 47.1 Å². The van der Waals surface area contributed by atoms with Crippen molar-refractivity contribution in [3.63, 3.8) is 0 Å². The number of fused-ring (bicyclic) bond motifs is 1. The first kappa shape index (κ1) is 14.4. The molecule has 22 heavy (non-hydrogen) atoms. The van der Waals surface area contributed by atoms with E-state index in [-0.39, 0.29) is 11.8 Å². The molecule has 1 unspecified atom stereocenters. The fourth-order valence-corrected chi connectivity index (χ4v) is 2.87.